The molecule has 0 aliphatic heterocycles. The van der Waals surface area contributed by atoms with Gasteiger partial charge in [-0.25, -0.2) is 4.79 Å². The second-order valence-corrected chi connectivity index (χ2v) is 14.4. The average Bonchev–Trinajstić information content (AvgIpc) is 3.21. The van der Waals surface area contributed by atoms with Crippen LogP contribution in [0.3, 0.4) is 0 Å². The highest BCUT2D eigenvalue weighted by Crippen LogP contribution is 2.13. The molecule has 0 radical (unpaired) electrons. The van der Waals surface area contributed by atoms with Gasteiger partial charge in [0.2, 0.25) is 41.4 Å². The molecule has 10 amide bonds. The largest absolute Gasteiger partial charge is 0.480 e. The van der Waals surface area contributed by atoms with E-state index < -0.39 is 134 Å². The number of amides is 10. The summed E-state index contributed by atoms with van der Waals surface area (Å²) in [5, 5.41) is 56.5. The van der Waals surface area contributed by atoms with Crippen LogP contribution in [0.15, 0.2) is 0 Å². The van der Waals surface area contributed by atoms with Crippen LogP contribution in [0.2, 0.25) is 0 Å². The van der Waals surface area contributed by atoms with Crippen molar-refractivity contribution in [2.24, 2.45) is 0 Å². The normalized spacial score (nSPS) is 12.7. The lowest BCUT2D eigenvalue weighted by Crippen LogP contribution is -2.58. The number of rotatable bonds is 30. The van der Waals surface area contributed by atoms with E-state index in [4.69, 9.17) is 0 Å². The molecule has 0 bridgehead atoms. The van der Waals surface area contributed by atoms with E-state index in [9.17, 15) is 78.6 Å². The number of hydrogen-bond donors (Lipinski definition) is 9. The van der Waals surface area contributed by atoms with Gasteiger partial charge in [-0.15, -0.1) is 0 Å². The predicted octanol–water partition coefficient (Wildman–Crippen LogP) is 0.337. The Morgan fingerprint density at radius 1 is 0.443 bits per heavy atom. The molecule has 0 saturated carbocycles. The van der Waals surface area contributed by atoms with Gasteiger partial charge in [-0.05, 0) is 25.7 Å². The van der Waals surface area contributed by atoms with Crippen molar-refractivity contribution in [2.75, 3.05) is 6.61 Å². The Kier molecular flexibility index (Phi) is 27.9. The molecule has 0 fully saturated rings. The van der Waals surface area contributed by atoms with Crippen molar-refractivity contribution in [3.05, 3.63) is 0 Å². The molecule has 0 aromatic heterocycles. The topological polar surface area (TPSA) is 347 Å². The van der Waals surface area contributed by atoms with Gasteiger partial charge in [0, 0.05) is 46.5 Å². The zero-order valence-corrected chi connectivity index (χ0v) is 35.3. The smallest absolute Gasteiger partial charge is 0.326 e. The van der Waals surface area contributed by atoms with Crippen LogP contribution >= 0.6 is 0 Å². The Balaban J connectivity index is 6.06. The van der Waals surface area contributed by atoms with Crippen molar-refractivity contribution in [3.8, 4) is 0 Å². The molecule has 0 saturated heterocycles. The third-order valence-electron chi connectivity index (χ3n) is 9.27. The summed E-state index contributed by atoms with van der Waals surface area (Å²) in [5.74, 6) is -12.8. The first-order valence-electron chi connectivity index (χ1n) is 20.3. The minimum Gasteiger partial charge on any atom is -0.480 e. The van der Waals surface area contributed by atoms with E-state index in [2.05, 4.69) is 22.9 Å². The Morgan fingerprint density at radius 2 is 0.754 bits per heavy atom. The second kappa shape index (κ2) is 30.6. The van der Waals surface area contributed by atoms with Crippen LogP contribution < -0.4 is 21.3 Å². The molecule has 0 aliphatic carbocycles. The molecule has 0 aromatic carbocycles. The quantitative estimate of drug-likeness (QED) is 0.0267. The summed E-state index contributed by atoms with van der Waals surface area (Å²) in [4.78, 5) is 136. The van der Waals surface area contributed by atoms with Crippen molar-refractivity contribution < 1.29 is 78.6 Å². The number of aliphatic carboxylic acids is 1. The Hall–Kier alpha value is -5.39. The predicted molar refractivity (Wildman–Crippen MR) is 209 cm³/mol. The molecule has 0 rings (SSSR count). The maximum atomic E-state index is 13.7. The molecule has 0 aromatic rings. The van der Waals surface area contributed by atoms with Crippen LogP contribution in [0, 0.1) is 0 Å². The van der Waals surface area contributed by atoms with Gasteiger partial charge in [0.25, 0.3) is 17.7 Å². The molecule has 23 nitrogen and oxygen atoms in total. The fraction of sp³-hybridized carbons (Fsp3) is 0.711. The number of carboxylic acid groups (broad SMARTS) is 1. The Morgan fingerprint density at radius 3 is 1.11 bits per heavy atom. The zero-order valence-electron chi connectivity index (χ0n) is 35.3. The van der Waals surface area contributed by atoms with Crippen LogP contribution in [0.1, 0.15) is 143 Å². The fourth-order valence-corrected chi connectivity index (χ4v) is 5.67. The monoisotopic (exact) mass is 873 g/mol. The van der Waals surface area contributed by atoms with E-state index in [1.54, 1.807) is 0 Å². The highest BCUT2D eigenvalue weighted by molar-refractivity contribution is 5.97. The highest BCUT2D eigenvalue weighted by atomic mass is 16.5. The zero-order chi connectivity index (χ0) is 46.7. The first kappa shape index (κ1) is 55.6. The number of unbranched alkanes of at least 4 members (excludes halogenated alkanes) is 10. The molecule has 23 heteroatoms. The van der Waals surface area contributed by atoms with E-state index in [0.29, 0.717) is 12.8 Å². The summed E-state index contributed by atoms with van der Waals surface area (Å²) in [7, 11) is 0. The molecular formula is C38H63N7O16. The first-order chi connectivity index (χ1) is 28.7. The molecule has 0 heterocycles. The third kappa shape index (κ3) is 23.3. The maximum Gasteiger partial charge on any atom is 0.326 e. The van der Waals surface area contributed by atoms with Gasteiger partial charge < -0.3 is 31.5 Å². The van der Waals surface area contributed by atoms with Crippen LogP contribution in [0.25, 0.3) is 0 Å². The number of carbonyl (C=O) groups is 11. The van der Waals surface area contributed by atoms with Gasteiger partial charge in [-0.2, -0.15) is 15.2 Å². The molecule has 61 heavy (non-hydrogen) atoms. The number of carboxylic acids is 1. The van der Waals surface area contributed by atoms with E-state index in [0.717, 1.165) is 52.9 Å². The third-order valence-corrected chi connectivity index (χ3v) is 9.27. The molecular weight excluding hydrogens is 810 g/mol. The number of nitrogens with one attached hydrogen (secondary N) is 4. The standard InChI is InChI=1S/C38H63N7O16/c1-5-6-7-8-9-10-11-12-13-14-15-16-31(50)39-27(17-20-32(51)43(59)24(2)47)35(54)40-28(18-21-33(52)44(60)25(3)48)36(55)42-30(23-46)37(56)41-29(38(57)58)19-22-34(53)45(61)26(4)49/h27-30,46,59-61H,5-23H2,1-4H3,(H,39,50)(H,40,54)(H,41,56)(H,42,55)(H,57,58)/t27-,28-,29-,30-/m0/s1. The van der Waals surface area contributed by atoms with Crippen LogP contribution in [0.5, 0.6) is 0 Å². The number of aliphatic hydroxyl groups is 1. The van der Waals surface area contributed by atoms with Gasteiger partial charge >= 0.3 is 5.97 Å². The minimum atomic E-state index is -1.93. The highest BCUT2D eigenvalue weighted by Gasteiger charge is 2.33. The summed E-state index contributed by atoms with van der Waals surface area (Å²) in [6.45, 7) is 3.59. The summed E-state index contributed by atoms with van der Waals surface area (Å²) in [5.41, 5.74) is 0. The van der Waals surface area contributed by atoms with E-state index in [1.807, 2.05) is 5.32 Å². The lowest BCUT2D eigenvalue weighted by Gasteiger charge is -2.26. The van der Waals surface area contributed by atoms with Gasteiger partial charge in [0.15, 0.2) is 0 Å². The van der Waals surface area contributed by atoms with Crippen LogP contribution in [-0.4, -0.2) is 137 Å². The van der Waals surface area contributed by atoms with Gasteiger partial charge in [-0.3, -0.25) is 63.6 Å². The van der Waals surface area contributed by atoms with Gasteiger partial charge in [-0.1, -0.05) is 71.1 Å². The number of hydroxylamine groups is 6. The second-order valence-electron chi connectivity index (χ2n) is 14.4. The molecule has 346 valence electrons. The van der Waals surface area contributed by atoms with Gasteiger partial charge in [0.05, 0.1) is 6.61 Å². The lowest BCUT2D eigenvalue weighted by molar-refractivity contribution is -0.178. The SMILES string of the molecule is CCCCCCCCCCCCCC(=O)N[C@@H](CCC(=O)N(O)C(C)=O)C(=O)N[C@@H](CCC(=O)N(O)C(C)=O)C(=O)N[C@@H](CO)C(=O)N[C@@H](CCC(=O)N(O)C(C)=O)C(=O)O. The Bertz CT molecular complexity index is 1530. The van der Waals surface area contributed by atoms with E-state index in [1.165, 1.54) is 25.7 Å². The molecule has 0 spiro atoms. The molecule has 9 N–H and O–H groups in total. The van der Waals surface area contributed by atoms with Crippen molar-refractivity contribution in [2.45, 2.75) is 167 Å². The number of nitrogens with zero attached hydrogens (tertiary/aromatic N) is 3. The first-order valence-corrected chi connectivity index (χ1v) is 20.3. The average molecular weight is 874 g/mol. The summed E-state index contributed by atoms with van der Waals surface area (Å²) < 4.78 is 0. The summed E-state index contributed by atoms with van der Waals surface area (Å²) in [6.07, 6.45) is 7.11. The van der Waals surface area contributed by atoms with Crippen molar-refractivity contribution in [3.63, 3.8) is 0 Å². The number of hydrogen-bond acceptors (Lipinski definition) is 15. The summed E-state index contributed by atoms with van der Waals surface area (Å²) in [6, 6.07) is -7.19. The van der Waals surface area contributed by atoms with Crippen molar-refractivity contribution in [1.29, 1.82) is 0 Å². The van der Waals surface area contributed by atoms with E-state index >= 15 is 0 Å². The molecule has 4 atom stereocenters. The summed E-state index contributed by atoms with van der Waals surface area (Å²) >= 11 is 0. The Labute approximate surface area is 353 Å². The van der Waals surface area contributed by atoms with Gasteiger partial charge in [0.1, 0.15) is 24.2 Å². The number of imide groups is 3. The van der Waals surface area contributed by atoms with Crippen molar-refractivity contribution >= 4 is 65.0 Å². The lowest BCUT2D eigenvalue weighted by atomic mass is 10.0. The maximum absolute atomic E-state index is 13.7. The number of carbonyl (C=O) groups excluding carboxylic acids is 10. The number of aliphatic hydroxyl groups excluding tert-OH is 1. The molecule has 0 aliphatic rings. The van der Waals surface area contributed by atoms with Crippen molar-refractivity contribution in [1.82, 2.24) is 36.5 Å². The minimum absolute atomic E-state index is 0.0299. The fourth-order valence-electron chi connectivity index (χ4n) is 5.67. The van der Waals surface area contributed by atoms with Crippen LogP contribution in [0.4, 0.5) is 0 Å². The van der Waals surface area contributed by atoms with E-state index in [-0.39, 0.29) is 21.6 Å². The van der Waals surface area contributed by atoms with Crippen LogP contribution in [-0.2, 0) is 52.7 Å². The molecule has 0 unspecified atom stereocenters.